The number of amides is 1. The number of unbranched alkanes of at least 4 members (excludes halogenated alkanes) is 1. The molecule has 0 aliphatic carbocycles. The highest BCUT2D eigenvalue weighted by Crippen LogP contribution is 2.00. The zero-order chi connectivity index (χ0) is 8.85. The maximum absolute atomic E-state index is 10.8. The van der Waals surface area contributed by atoms with Gasteiger partial charge in [-0.1, -0.05) is 19.4 Å². The first-order chi connectivity index (χ1) is 5.09. The number of hydrogen-bond acceptors (Lipinski definition) is 2. The molecule has 0 heterocycles. The summed E-state index contributed by atoms with van der Waals surface area (Å²) in [6.45, 7) is 2.06. The first-order valence-corrected chi connectivity index (χ1v) is 3.76. The zero-order valence-electron chi connectivity index (χ0n) is 7.42. The second-order valence-electron chi connectivity index (χ2n) is 2.64. The minimum atomic E-state index is -0.358. The lowest BCUT2D eigenvalue weighted by Crippen LogP contribution is -2.25. The third kappa shape index (κ3) is 3.65. The van der Waals surface area contributed by atoms with E-state index in [0.717, 1.165) is 12.8 Å². The fourth-order valence-electron chi connectivity index (χ4n) is 0.785. The molecular weight excluding hydrogens is 140 g/mol. The van der Waals surface area contributed by atoms with Crippen LogP contribution in [0.3, 0.4) is 0 Å². The van der Waals surface area contributed by atoms with Gasteiger partial charge < -0.3 is 10.6 Å². The summed E-state index contributed by atoms with van der Waals surface area (Å²) in [5, 5.41) is 0. The number of carbonyl (C=O) groups is 1. The van der Waals surface area contributed by atoms with Crippen molar-refractivity contribution in [1.82, 2.24) is 4.90 Å². The maximum atomic E-state index is 10.8. The summed E-state index contributed by atoms with van der Waals surface area (Å²) in [6, 6.07) is 0. The number of primary amides is 1. The summed E-state index contributed by atoms with van der Waals surface area (Å²) in [6.07, 6.45) is 3.80. The summed E-state index contributed by atoms with van der Waals surface area (Å²) in [5.74, 6) is -0.358. The molecule has 3 nitrogen and oxygen atoms in total. The molecule has 0 rings (SSSR count). The van der Waals surface area contributed by atoms with Crippen LogP contribution >= 0.6 is 0 Å². The zero-order valence-corrected chi connectivity index (χ0v) is 7.42. The molecule has 3 heteroatoms. The van der Waals surface area contributed by atoms with Gasteiger partial charge in [-0.15, -0.1) is 0 Å². The largest absolute Gasteiger partial charge is 0.373 e. The van der Waals surface area contributed by atoms with Crippen molar-refractivity contribution < 1.29 is 4.79 Å². The van der Waals surface area contributed by atoms with Crippen molar-refractivity contribution in [3.05, 3.63) is 11.8 Å². The second-order valence-corrected chi connectivity index (χ2v) is 2.64. The van der Waals surface area contributed by atoms with Crippen LogP contribution in [0.5, 0.6) is 0 Å². The number of likely N-dealkylation sites (N-methyl/N-ethyl adjacent to an activating group) is 1. The van der Waals surface area contributed by atoms with Gasteiger partial charge in [0.2, 0.25) is 0 Å². The van der Waals surface area contributed by atoms with Crippen LogP contribution in [0.25, 0.3) is 0 Å². The van der Waals surface area contributed by atoms with Gasteiger partial charge in [-0.2, -0.15) is 0 Å². The summed E-state index contributed by atoms with van der Waals surface area (Å²) in [4.78, 5) is 12.5. The van der Waals surface area contributed by atoms with Crippen molar-refractivity contribution in [3.63, 3.8) is 0 Å². The molecule has 0 aromatic heterocycles. The molecule has 0 aromatic rings. The summed E-state index contributed by atoms with van der Waals surface area (Å²) in [7, 11) is 3.62. The van der Waals surface area contributed by atoms with E-state index in [1.165, 1.54) is 0 Å². The molecule has 0 saturated heterocycles. The summed E-state index contributed by atoms with van der Waals surface area (Å²) in [5.41, 5.74) is 5.72. The molecule has 0 atom stereocenters. The van der Waals surface area contributed by atoms with Crippen molar-refractivity contribution in [2.24, 2.45) is 5.73 Å². The van der Waals surface area contributed by atoms with Crippen molar-refractivity contribution in [3.8, 4) is 0 Å². The smallest absolute Gasteiger partial charge is 0.264 e. The van der Waals surface area contributed by atoms with Crippen molar-refractivity contribution >= 4 is 5.91 Å². The maximum Gasteiger partial charge on any atom is 0.264 e. The van der Waals surface area contributed by atoms with Gasteiger partial charge in [0.15, 0.2) is 0 Å². The normalized spacial score (nSPS) is 11.4. The predicted octanol–water partition coefficient (Wildman–Crippen LogP) is 0.717. The Bertz CT molecular complexity index is 161. The fourth-order valence-corrected chi connectivity index (χ4v) is 0.785. The van der Waals surface area contributed by atoms with E-state index in [1.54, 1.807) is 4.90 Å². The van der Waals surface area contributed by atoms with Crippen LogP contribution in [0.4, 0.5) is 0 Å². The lowest BCUT2D eigenvalue weighted by Gasteiger charge is -2.13. The van der Waals surface area contributed by atoms with E-state index in [9.17, 15) is 4.79 Å². The van der Waals surface area contributed by atoms with Crippen molar-refractivity contribution in [1.29, 1.82) is 0 Å². The Hall–Kier alpha value is -0.990. The van der Waals surface area contributed by atoms with Gasteiger partial charge in [-0.25, -0.2) is 0 Å². The van der Waals surface area contributed by atoms with E-state index in [0.29, 0.717) is 5.70 Å². The topological polar surface area (TPSA) is 46.3 Å². The van der Waals surface area contributed by atoms with Crippen LogP contribution in [0.1, 0.15) is 19.8 Å². The summed E-state index contributed by atoms with van der Waals surface area (Å²) < 4.78 is 0. The SMILES string of the molecule is CCCC=C(C(N)=O)N(C)C. The molecule has 0 radical (unpaired) electrons. The number of hydrogen-bond donors (Lipinski definition) is 1. The highest BCUT2D eigenvalue weighted by molar-refractivity contribution is 5.91. The van der Waals surface area contributed by atoms with Gasteiger partial charge in [0.05, 0.1) is 5.70 Å². The molecule has 2 N–H and O–H groups in total. The monoisotopic (exact) mass is 156 g/mol. The molecule has 1 amide bonds. The van der Waals surface area contributed by atoms with E-state index in [-0.39, 0.29) is 5.91 Å². The minimum Gasteiger partial charge on any atom is -0.373 e. The lowest BCUT2D eigenvalue weighted by atomic mass is 10.2. The van der Waals surface area contributed by atoms with Gasteiger partial charge in [0.25, 0.3) is 5.91 Å². The van der Waals surface area contributed by atoms with Gasteiger partial charge in [0, 0.05) is 14.1 Å². The summed E-state index contributed by atoms with van der Waals surface area (Å²) >= 11 is 0. The van der Waals surface area contributed by atoms with E-state index >= 15 is 0 Å². The molecule has 0 aliphatic heterocycles. The molecule has 0 saturated carbocycles. The average molecular weight is 156 g/mol. The number of rotatable bonds is 4. The third-order valence-corrected chi connectivity index (χ3v) is 1.36. The van der Waals surface area contributed by atoms with Gasteiger partial charge in [-0.05, 0) is 6.42 Å². The molecule has 0 fully saturated rings. The molecule has 11 heavy (non-hydrogen) atoms. The van der Waals surface area contributed by atoms with Crippen LogP contribution in [-0.4, -0.2) is 24.9 Å². The van der Waals surface area contributed by atoms with Gasteiger partial charge >= 0.3 is 0 Å². The number of allylic oxidation sites excluding steroid dienone is 1. The fraction of sp³-hybridized carbons (Fsp3) is 0.625. The Balaban J connectivity index is 4.21. The Morgan fingerprint density at radius 1 is 1.55 bits per heavy atom. The number of carbonyl (C=O) groups excluding carboxylic acids is 1. The van der Waals surface area contributed by atoms with Crippen molar-refractivity contribution in [2.75, 3.05) is 14.1 Å². The lowest BCUT2D eigenvalue weighted by molar-refractivity contribution is -0.115. The number of nitrogens with two attached hydrogens (primary N) is 1. The van der Waals surface area contributed by atoms with E-state index in [1.807, 2.05) is 20.2 Å². The highest BCUT2D eigenvalue weighted by atomic mass is 16.1. The van der Waals surface area contributed by atoms with Crippen LogP contribution in [0.2, 0.25) is 0 Å². The first kappa shape index (κ1) is 10.0. The second kappa shape index (κ2) is 4.77. The Morgan fingerprint density at radius 2 is 2.09 bits per heavy atom. The minimum absolute atomic E-state index is 0.358. The van der Waals surface area contributed by atoms with Gasteiger partial charge in [0.1, 0.15) is 0 Å². The van der Waals surface area contributed by atoms with Crippen molar-refractivity contribution in [2.45, 2.75) is 19.8 Å². The molecule has 64 valence electrons. The molecular formula is C8H16N2O. The Morgan fingerprint density at radius 3 is 2.36 bits per heavy atom. The van der Waals surface area contributed by atoms with Crippen LogP contribution < -0.4 is 5.73 Å². The predicted molar refractivity (Wildman–Crippen MR) is 45.9 cm³/mol. The van der Waals surface area contributed by atoms with Crippen LogP contribution in [0.15, 0.2) is 11.8 Å². The molecule has 0 unspecified atom stereocenters. The molecule has 0 spiro atoms. The standard InChI is InChI=1S/C8H16N2O/c1-4-5-6-7(8(9)11)10(2)3/h6H,4-5H2,1-3H3,(H2,9,11). The number of nitrogens with zero attached hydrogens (tertiary/aromatic N) is 1. The first-order valence-electron chi connectivity index (χ1n) is 3.76. The van der Waals surface area contributed by atoms with Crippen LogP contribution in [0, 0.1) is 0 Å². The van der Waals surface area contributed by atoms with E-state index in [4.69, 9.17) is 5.73 Å². The molecule has 0 aliphatic rings. The molecule has 0 bridgehead atoms. The Labute approximate surface area is 67.9 Å². The van der Waals surface area contributed by atoms with E-state index < -0.39 is 0 Å². The highest BCUT2D eigenvalue weighted by Gasteiger charge is 2.04. The average Bonchev–Trinajstić information content (AvgIpc) is 1.87. The van der Waals surface area contributed by atoms with Gasteiger partial charge in [-0.3, -0.25) is 4.79 Å². The third-order valence-electron chi connectivity index (χ3n) is 1.36. The van der Waals surface area contributed by atoms with Crippen LogP contribution in [-0.2, 0) is 4.79 Å². The van der Waals surface area contributed by atoms with E-state index in [2.05, 4.69) is 6.92 Å². The Kier molecular flexibility index (Phi) is 4.34. The molecule has 0 aromatic carbocycles. The quantitative estimate of drug-likeness (QED) is 0.609.